The van der Waals surface area contributed by atoms with Crippen molar-refractivity contribution in [1.29, 1.82) is 0 Å². The highest BCUT2D eigenvalue weighted by Crippen LogP contribution is 2.33. The molecule has 0 unspecified atom stereocenters. The average molecular weight is 322 g/mol. The molecule has 1 aliphatic heterocycles. The summed E-state index contributed by atoms with van der Waals surface area (Å²) in [6.45, 7) is 0.475. The third-order valence-corrected chi connectivity index (χ3v) is 3.52. The molecule has 0 N–H and O–H groups in total. The first-order chi connectivity index (χ1) is 10.9. The predicted octanol–water partition coefficient (Wildman–Crippen LogP) is 3.00. The topological polar surface area (TPSA) is 42.4 Å². The molecular formula is C16H13F3N2O2. The molecule has 1 aliphatic rings. The minimum atomic E-state index is -4.55. The van der Waals surface area contributed by atoms with Gasteiger partial charge in [-0.05, 0) is 18.2 Å². The summed E-state index contributed by atoms with van der Waals surface area (Å²) in [5.74, 6) is -0.209. The highest BCUT2D eigenvalue weighted by molar-refractivity contribution is 5.96. The van der Waals surface area contributed by atoms with E-state index in [0.29, 0.717) is 5.88 Å². The third kappa shape index (κ3) is 3.28. The summed E-state index contributed by atoms with van der Waals surface area (Å²) in [7, 11) is 0. The summed E-state index contributed by atoms with van der Waals surface area (Å²) in [4.78, 5) is 17.6. The van der Waals surface area contributed by atoms with E-state index in [1.165, 1.54) is 23.1 Å². The summed E-state index contributed by atoms with van der Waals surface area (Å²) < 4.78 is 44.4. The van der Waals surface area contributed by atoms with E-state index < -0.39 is 17.6 Å². The molecule has 0 aliphatic carbocycles. The van der Waals surface area contributed by atoms with Crippen LogP contribution in [0.15, 0.2) is 48.7 Å². The van der Waals surface area contributed by atoms with Crippen LogP contribution in [0.2, 0.25) is 0 Å². The van der Waals surface area contributed by atoms with Crippen LogP contribution in [0, 0.1) is 0 Å². The Kier molecular flexibility index (Phi) is 3.94. The Morgan fingerprint density at radius 2 is 1.83 bits per heavy atom. The lowest BCUT2D eigenvalue weighted by Gasteiger charge is -2.39. The molecule has 0 atom stereocenters. The van der Waals surface area contributed by atoms with Crippen LogP contribution in [0.5, 0.6) is 5.88 Å². The van der Waals surface area contributed by atoms with Crippen LogP contribution in [-0.4, -0.2) is 35.0 Å². The van der Waals surface area contributed by atoms with Gasteiger partial charge in [-0.3, -0.25) is 4.79 Å². The quantitative estimate of drug-likeness (QED) is 0.872. The Bertz CT molecular complexity index is 698. The minimum absolute atomic E-state index is 0.238. The molecule has 3 rings (SSSR count). The normalized spacial score (nSPS) is 15.2. The minimum Gasteiger partial charge on any atom is -0.471 e. The van der Waals surface area contributed by atoms with Crippen LogP contribution >= 0.6 is 0 Å². The molecule has 120 valence electrons. The van der Waals surface area contributed by atoms with E-state index in [0.717, 1.165) is 6.07 Å². The average Bonchev–Trinajstić information content (AvgIpc) is 2.50. The molecule has 1 amide bonds. The molecule has 7 heteroatoms. The smallest absolute Gasteiger partial charge is 0.417 e. The van der Waals surface area contributed by atoms with Crippen molar-refractivity contribution < 1.29 is 22.7 Å². The molecule has 2 aromatic rings. The van der Waals surface area contributed by atoms with Gasteiger partial charge in [-0.25, -0.2) is 4.98 Å². The van der Waals surface area contributed by atoms with Gasteiger partial charge in [-0.1, -0.05) is 18.2 Å². The van der Waals surface area contributed by atoms with Gasteiger partial charge >= 0.3 is 6.18 Å². The molecular weight excluding hydrogens is 309 g/mol. The number of amides is 1. The fourth-order valence-corrected chi connectivity index (χ4v) is 2.35. The largest absolute Gasteiger partial charge is 0.471 e. The lowest BCUT2D eigenvalue weighted by atomic mass is 10.0. The standard InChI is InChI=1S/C16H13F3N2O2/c17-16(18,19)13-6-2-1-5-12(13)15(22)21-9-11(10-21)23-14-7-3-4-8-20-14/h1-8,11H,9-10H2. The van der Waals surface area contributed by atoms with Crippen LogP contribution in [0.4, 0.5) is 13.2 Å². The summed E-state index contributed by atoms with van der Waals surface area (Å²) in [6.07, 6.45) is -3.23. The number of halogens is 3. The lowest BCUT2D eigenvalue weighted by Crippen LogP contribution is -2.56. The van der Waals surface area contributed by atoms with Crippen molar-refractivity contribution in [2.75, 3.05) is 13.1 Å². The first kappa shape index (κ1) is 15.3. The van der Waals surface area contributed by atoms with Gasteiger partial charge in [-0.15, -0.1) is 0 Å². The zero-order chi connectivity index (χ0) is 16.4. The zero-order valence-electron chi connectivity index (χ0n) is 12.0. The number of likely N-dealkylation sites (tertiary alicyclic amines) is 1. The fraction of sp³-hybridized carbons (Fsp3) is 0.250. The lowest BCUT2D eigenvalue weighted by molar-refractivity contribution is -0.138. The zero-order valence-corrected chi connectivity index (χ0v) is 12.0. The molecule has 1 fully saturated rings. The number of hydrogen-bond acceptors (Lipinski definition) is 3. The SMILES string of the molecule is O=C(c1ccccc1C(F)(F)F)N1CC(Oc2ccccn2)C1. The van der Waals surface area contributed by atoms with Gasteiger partial charge in [0.1, 0.15) is 6.10 Å². The monoisotopic (exact) mass is 322 g/mol. The number of pyridine rings is 1. The number of ether oxygens (including phenoxy) is 1. The molecule has 0 radical (unpaired) electrons. The Morgan fingerprint density at radius 3 is 2.48 bits per heavy atom. The summed E-state index contributed by atoms with van der Waals surface area (Å²) >= 11 is 0. The van der Waals surface area contributed by atoms with E-state index in [1.54, 1.807) is 24.4 Å². The Labute approximate surface area is 130 Å². The van der Waals surface area contributed by atoms with Crippen molar-refractivity contribution in [3.05, 3.63) is 59.8 Å². The van der Waals surface area contributed by atoms with Crippen molar-refractivity contribution in [1.82, 2.24) is 9.88 Å². The molecule has 0 saturated carbocycles. The number of nitrogens with zero attached hydrogens (tertiary/aromatic N) is 2. The number of carbonyl (C=O) groups excluding carboxylic acids is 1. The number of alkyl halides is 3. The predicted molar refractivity (Wildman–Crippen MR) is 76.0 cm³/mol. The second-order valence-electron chi connectivity index (χ2n) is 5.16. The van der Waals surface area contributed by atoms with E-state index in [9.17, 15) is 18.0 Å². The van der Waals surface area contributed by atoms with Gasteiger partial charge in [0.25, 0.3) is 5.91 Å². The number of aromatic nitrogens is 1. The Hall–Kier alpha value is -2.57. The van der Waals surface area contributed by atoms with Crippen LogP contribution < -0.4 is 4.74 Å². The highest BCUT2D eigenvalue weighted by atomic mass is 19.4. The van der Waals surface area contributed by atoms with Crippen LogP contribution in [0.25, 0.3) is 0 Å². The summed E-state index contributed by atoms with van der Waals surface area (Å²) in [5, 5.41) is 0. The third-order valence-electron chi connectivity index (χ3n) is 3.52. The van der Waals surface area contributed by atoms with Crippen molar-refractivity contribution in [3.8, 4) is 5.88 Å². The van der Waals surface area contributed by atoms with E-state index >= 15 is 0 Å². The van der Waals surface area contributed by atoms with Crippen molar-refractivity contribution >= 4 is 5.91 Å². The molecule has 0 spiro atoms. The van der Waals surface area contributed by atoms with E-state index in [2.05, 4.69) is 4.98 Å². The first-order valence-electron chi connectivity index (χ1n) is 6.98. The van der Waals surface area contributed by atoms with Gasteiger partial charge in [0.05, 0.1) is 24.2 Å². The second kappa shape index (κ2) is 5.91. The molecule has 1 aromatic heterocycles. The van der Waals surface area contributed by atoms with E-state index in [-0.39, 0.29) is 24.8 Å². The van der Waals surface area contributed by atoms with Gasteiger partial charge in [0, 0.05) is 12.3 Å². The van der Waals surface area contributed by atoms with Gasteiger partial charge in [-0.2, -0.15) is 13.2 Å². The van der Waals surface area contributed by atoms with E-state index in [4.69, 9.17) is 4.74 Å². The molecule has 1 aromatic carbocycles. The van der Waals surface area contributed by atoms with Crippen LogP contribution in [0.1, 0.15) is 15.9 Å². The molecule has 4 nitrogen and oxygen atoms in total. The Balaban J connectivity index is 1.66. The maximum Gasteiger partial charge on any atom is 0.417 e. The number of carbonyl (C=O) groups is 1. The summed E-state index contributed by atoms with van der Waals surface area (Å²) in [5.41, 5.74) is -1.25. The van der Waals surface area contributed by atoms with Gasteiger partial charge in [0.15, 0.2) is 0 Å². The van der Waals surface area contributed by atoms with Crippen LogP contribution in [0.3, 0.4) is 0 Å². The number of benzene rings is 1. The van der Waals surface area contributed by atoms with Crippen molar-refractivity contribution in [2.24, 2.45) is 0 Å². The van der Waals surface area contributed by atoms with Gasteiger partial charge in [0.2, 0.25) is 5.88 Å². The number of rotatable bonds is 3. The molecule has 2 heterocycles. The number of hydrogen-bond donors (Lipinski definition) is 0. The second-order valence-corrected chi connectivity index (χ2v) is 5.16. The molecule has 0 bridgehead atoms. The fourth-order valence-electron chi connectivity index (χ4n) is 2.35. The maximum atomic E-state index is 13.0. The first-order valence-corrected chi connectivity index (χ1v) is 6.98. The maximum absolute atomic E-state index is 13.0. The highest BCUT2D eigenvalue weighted by Gasteiger charge is 2.39. The molecule has 23 heavy (non-hydrogen) atoms. The van der Waals surface area contributed by atoms with Crippen molar-refractivity contribution in [2.45, 2.75) is 12.3 Å². The van der Waals surface area contributed by atoms with Crippen LogP contribution in [-0.2, 0) is 6.18 Å². The van der Waals surface area contributed by atoms with Gasteiger partial charge < -0.3 is 9.64 Å². The molecule has 1 saturated heterocycles. The Morgan fingerprint density at radius 1 is 1.13 bits per heavy atom. The van der Waals surface area contributed by atoms with E-state index in [1.807, 2.05) is 0 Å². The summed E-state index contributed by atoms with van der Waals surface area (Å²) in [6, 6.07) is 9.99. The van der Waals surface area contributed by atoms with Crippen molar-refractivity contribution in [3.63, 3.8) is 0 Å².